The van der Waals surface area contributed by atoms with Crippen molar-refractivity contribution in [2.45, 2.75) is 39.5 Å². The van der Waals surface area contributed by atoms with Crippen molar-refractivity contribution in [3.8, 4) is 0 Å². The lowest BCUT2D eigenvalue weighted by Gasteiger charge is -2.29. The van der Waals surface area contributed by atoms with Gasteiger partial charge in [-0.1, -0.05) is 50.3 Å². The second kappa shape index (κ2) is 4.84. The zero-order valence-electron chi connectivity index (χ0n) is 11.7. The van der Waals surface area contributed by atoms with E-state index in [0.717, 1.165) is 6.42 Å². The van der Waals surface area contributed by atoms with Crippen molar-refractivity contribution in [2.75, 3.05) is 0 Å². The molecule has 1 heteroatoms. The molecule has 18 heavy (non-hydrogen) atoms. The van der Waals surface area contributed by atoms with E-state index in [1.165, 1.54) is 25.8 Å². The summed E-state index contributed by atoms with van der Waals surface area (Å²) in [6, 6.07) is 6.78. The van der Waals surface area contributed by atoms with E-state index in [0.29, 0.717) is 5.92 Å². The fourth-order valence-corrected chi connectivity index (χ4v) is 3.41. The summed E-state index contributed by atoms with van der Waals surface area (Å²) in [5.74, 6) is 0.525. The van der Waals surface area contributed by atoms with Gasteiger partial charge < -0.3 is 0 Å². The Labute approximate surface area is 124 Å². The van der Waals surface area contributed by atoms with E-state index in [-0.39, 0.29) is 5.41 Å². The molecule has 0 aromatic heterocycles. The summed E-state index contributed by atoms with van der Waals surface area (Å²) in [5.41, 5.74) is 5.69. The first-order valence-electron chi connectivity index (χ1n) is 6.49. The van der Waals surface area contributed by atoms with E-state index in [9.17, 15) is 0 Å². The SMILES string of the molecule is C=C1c2ccc(C)cc2C(C)(C)C1C/C(I)=C\C. The van der Waals surface area contributed by atoms with Gasteiger partial charge in [-0.25, -0.2) is 0 Å². The van der Waals surface area contributed by atoms with Gasteiger partial charge in [0.1, 0.15) is 0 Å². The van der Waals surface area contributed by atoms with Gasteiger partial charge in [0, 0.05) is 0 Å². The molecule has 0 saturated heterocycles. The molecule has 96 valence electrons. The highest BCUT2D eigenvalue weighted by Gasteiger charge is 2.41. The Morgan fingerprint density at radius 1 is 1.44 bits per heavy atom. The van der Waals surface area contributed by atoms with Crippen molar-refractivity contribution in [1.82, 2.24) is 0 Å². The summed E-state index contributed by atoms with van der Waals surface area (Å²) >= 11 is 2.45. The van der Waals surface area contributed by atoms with Gasteiger partial charge in [-0.2, -0.15) is 0 Å². The first-order chi connectivity index (χ1) is 8.37. The molecule has 0 amide bonds. The molecule has 0 aliphatic heterocycles. The van der Waals surface area contributed by atoms with Crippen LogP contribution in [0.3, 0.4) is 0 Å². The summed E-state index contributed by atoms with van der Waals surface area (Å²) < 4.78 is 1.43. The zero-order chi connectivity index (χ0) is 13.5. The van der Waals surface area contributed by atoms with Gasteiger partial charge in [0.2, 0.25) is 0 Å². The van der Waals surface area contributed by atoms with Gasteiger partial charge in [-0.3, -0.25) is 0 Å². The molecule has 0 bridgehead atoms. The fourth-order valence-electron chi connectivity index (χ4n) is 2.97. The van der Waals surface area contributed by atoms with Crippen molar-refractivity contribution < 1.29 is 0 Å². The van der Waals surface area contributed by atoms with Crippen molar-refractivity contribution in [3.63, 3.8) is 0 Å². The van der Waals surface area contributed by atoms with Gasteiger partial charge in [-0.05, 0) is 74.5 Å². The normalized spacial score (nSPS) is 22.2. The molecule has 1 aliphatic carbocycles. The largest absolute Gasteiger partial charge is 0.0949 e. The second-order valence-electron chi connectivity index (χ2n) is 5.79. The van der Waals surface area contributed by atoms with Crippen LogP contribution in [0.2, 0.25) is 0 Å². The third-order valence-electron chi connectivity index (χ3n) is 4.22. The second-order valence-corrected chi connectivity index (χ2v) is 7.17. The van der Waals surface area contributed by atoms with Crippen molar-refractivity contribution >= 4 is 28.2 Å². The number of benzene rings is 1. The molecular formula is C17H21I. The van der Waals surface area contributed by atoms with Gasteiger partial charge in [-0.15, -0.1) is 0 Å². The van der Waals surface area contributed by atoms with E-state index in [2.05, 4.69) is 81.1 Å². The van der Waals surface area contributed by atoms with Crippen LogP contribution in [0.25, 0.3) is 5.57 Å². The highest BCUT2D eigenvalue weighted by molar-refractivity contribution is 14.1. The quantitative estimate of drug-likeness (QED) is 0.604. The molecule has 1 aliphatic rings. The fraction of sp³-hybridized carbons (Fsp3) is 0.412. The molecule has 0 radical (unpaired) electrons. The molecule has 0 fully saturated rings. The van der Waals surface area contributed by atoms with E-state index in [1.54, 1.807) is 0 Å². The first-order valence-corrected chi connectivity index (χ1v) is 7.56. The molecular weight excluding hydrogens is 331 g/mol. The third kappa shape index (κ3) is 2.18. The molecule has 0 heterocycles. The van der Waals surface area contributed by atoms with E-state index < -0.39 is 0 Å². The number of rotatable bonds is 2. The number of halogens is 1. The smallest absolute Gasteiger partial charge is 0.00249 e. The Hall–Kier alpha value is -0.570. The standard InChI is InChI=1S/C17H21I/c1-6-13(18)10-15-12(3)14-8-7-11(2)9-16(14)17(15,4)5/h6-9,15H,3,10H2,1-2,4-5H3/b13-6+. The predicted octanol–water partition coefficient (Wildman–Crippen LogP) is 5.64. The van der Waals surface area contributed by atoms with Crippen molar-refractivity contribution in [2.24, 2.45) is 5.92 Å². The Kier molecular flexibility index (Phi) is 3.72. The molecule has 1 unspecified atom stereocenters. The van der Waals surface area contributed by atoms with Gasteiger partial charge in [0.15, 0.2) is 0 Å². The molecule has 1 aromatic rings. The summed E-state index contributed by atoms with van der Waals surface area (Å²) in [7, 11) is 0. The van der Waals surface area contributed by atoms with Crippen LogP contribution in [0.15, 0.2) is 34.4 Å². The van der Waals surface area contributed by atoms with Gasteiger partial charge in [0.05, 0.1) is 0 Å². The number of aryl methyl sites for hydroxylation is 1. The minimum atomic E-state index is 0.192. The van der Waals surface area contributed by atoms with Crippen LogP contribution in [0.5, 0.6) is 0 Å². The van der Waals surface area contributed by atoms with Crippen molar-refractivity contribution in [3.05, 3.63) is 51.1 Å². The molecule has 0 saturated carbocycles. The maximum absolute atomic E-state index is 4.36. The maximum Gasteiger partial charge on any atom is -0.00249 e. The molecule has 0 N–H and O–H groups in total. The summed E-state index contributed by atoms with van der Waals surface area (Å²) in [5, 5.41) is 0. The average Bonchev–Trinajstić information content (AvgIpc) is 2.50. The first kappa shape index (κ1) is 13.9. The number of fused-ring (bicyclic) bond motifs is 1. The van der Waals surface area contributed by atoms with Crippen molar-refractivity contribution in [1.29, 1.82) is 0 Å². The minimum absolute atomic E-state index is 0.192. The van der Waals surface area contributed by atoms with Crippen LogP contribution in [-0.4, -0.2) is 0 Å². The minimum Gasteiger partial charge on any atom is -0.0949 e. The lowest BCUT2D eigenvalue weighted by Crippen LogP contribution is -2.23. The molecule has 0 spiro atoms. The van der Waals surface area contributed by atoms with Crippen LogP contribution >= 0.6 is 22.6 Å². The molecule has 2 rings (SSSR count). The Bertz CT molecular complexity index is 520. The highest BCUT2D eigenvalue weighted by Crippen LogP contribution is 2.52. The Morgan fingerprint density at radius 3 is 2.72 bits per heavy atom. The van der Waals surface area contributed by atoms with E-state index in [4.69, 9.17) is 0 Å². The topological polar surface area (TPSA) is 0 Å². The van der Waals surface area contributed by atoms with Crippen LogP contribution in [0, 0.1) is 12.8 Å². The number of hydrogen-bond acceptors (Lipinski definition) is 0. The molecule has 0 nitrogen and oxygen atoms in total. The maximum atomic E-state index is 4.36. The predicted molar refractivity (Wildman–Crippen MR) is 89.1 cm³/mol. The van der Waals surface area contributed by atoms with Crippen LogP contribution < -0.4 is 0 Å². The lowest BCUT2D eigenvalue weighted by molar-refractivity contribution is 0.415. The van der Waals surface area contributed by atoms with E-state index in [1.807, 2.05) is 0 Å². The van der Waals surface area contributed by atoms with Gasteiger partial charge >= 0.3 is 0 Å². The summed E-state index contributed by atoms with van der Waals surface area (Å²) in [4.78, 5) is 0. The van der Waals surface area contributed by atoms with Crippen LogP contribution in [0.4, 0.5) is 0 Å². The zero-order valence-corrected chi connectivity index (χ0v) is 13.8. The summed E-state index contributed by atoms with van der Waals surface area (Å²) in [6.07, 6.45) is 3.31. The molecule has 1 atom stereocenters. The van der Waals surface area contributed by atoms with E-state index >= 15 is 0 Å². The molecule has 1 aromatic carbocycles. The average molecular weight is 352 g/mol. The highest BCUT2D eigenvalue weighted by atomic mass is 127. The van der Waals surface area contributed by atoms with Gasteiger partial charge in [0.25, 0.3) is 0 Å². The lowest BCUT2D eigenvalue weighted by atomic mass is 9.76. The van der Waals surface area contributed by atoms with Crippen LogP contribution in [-0.2, 0) is 5.41 Å². The summed E-state index contributed by atoms with van der Waals surface area (Å²) in [6.45, 7) is 13.4. The number of allylic oxidation sites excluding steroid dienone is 3. The monoisotopic (exact) mass is 352 g/mol. The Morgan fingerprint density at radius 2 is 2.11 bits per heavy atom. The third-order valence-corrected chi connectivity index (χ3v) is 5.28. The Balaban J connectivity index is 2.47. The number of hydrogen-bond donors (Lipinski definition) is 0. The van der Waals surface area contributed by atoms with Crippen LogP contribution in [0.1, 0.15) is 43.9 Å².